The van der Waals surface area contributed by atoms with Crippen LogP contribution in [0.5, 0.6) is 5.88 Å². The highest BCUT2D eigenvalue weighted by Gasteiger charge is 2.17. The van der Waals surface area contributed by atoms with E-state index in [4.69, 9.17) is 9.47 Å². The van der Waals surface area contributed by atoms with E-state index in [0.717, 1.165) is 25.3 Å². The van der Waals surface area contributed by atoms with Crippen LogP contribution in [0.2, 0.25) is 0 Å². The summed E-state index contributed by atoms with van der Waals surface area (Å²) in [5.41, 5.74) is 1.09. The summed E-state index contributed by atoms with van der Waals surface area (Å²) in [5, 5.41) is 3.37. The number of aromatic nitrogens is 1. The first-order chi connectivity index (χ1) is 6.90. The van der Waals surface area contributed by atoms with E-state index in [1.165, 1.54) is 0 Å². The molecular weight excluding hydrogens is 180 g/mol. The van der Waals surface area contributed by atoms with Gasteiger partial charge in [-0.05, 0) is 6.07 Å². The van der Waals surface area contributed by atoms with Crippen molar-refractivity contribution in [2.24, 2.45) is 0 Å². The molecule has 0 unspecified atom stereocenters. The van der Waals surface area contributed by atoms with Crippen molar-refractivity contribution < 1.29 is 9.47 Å². The smallest absolute Gasteiger partial charge is 0.217 e. The molecule has 1 fully saturated rings. The molecule has 1 N–H and O–H groups in total. The lowest BCUT2D eigenvalue weighted by Crippen LogP contribution is -2.45. The van der Waals surface area contributed by atoms with Crippen molar-refractivity contribution in [2.75, 3.05) is 20.3 Å². The molecule has 2 heterocycles. The van der Waals surface area contributed by atoms with Crippen LogP contribution in [0, 0.1) is 0 Å². The van der Waals surface area contributed by atoms with Crippen LogP contribution in [0.15, 0.2) is 18.3 Å². The highest BCUT2D eigenvalue weighted by atomic mass is 16.5. The Morgan fingerprint density at radius 2 is 2.50 bits per heavy atom. The maximum atomic E-state index is 5.15. The lowest BCUT2D eigenvalue weighted by molar-refractivity contribution is -0.00586. The molecule has 0 saturated carbocycles. The molecule has 1 aromatic rings. The fourth-order valence-corrected chi connectivity index (χ4v) is 1.35. The summed E-state index contributed by atoms with van der Waals surface area (Å²) in [5.74, 6) is 0.695. The first-order valence-corrected chi connectivity index (χ1v) is 4.69. The van der Waals surface area contributed by atoms with Gasteiger partial charge in [-0.1, -0.05) is 6.07 Å². The zero-order valence-electron chi connectivity index (χ0n) is 8.19. The topological polar surface area (TPSA) is 43.4 Å². The monoisotopic (exact) mass is 194 g/mol. The predicted molar refractivity (Wildman–Crippen MR) is 52.2 cm³/mol. The largest absolute Gasteiger partial charge is 0.481 e. The van der Waals surface area contributed by atoms with Crippen molar-refractivity contribution >= 4 is 0 Å². The molecular formula is C10H14N2O2. The van der Waals surface area contributed by atoms with Crippen molar-refractivity contribution in [3.63, 3.8) is 0 Å². The van der Waals surface area contributed by atoms with Crippen LogP contribution in [0.4, 0.5) is 0 Å². The number of pyridine rings is 1. The van der Waals surface area contributed by atoms with E-state index in [0.29, 0.717) is 11.9 Å². The quantitative estimate of drug-likeness (QED) is 0.761. The molecule has 4 nitrogen and oxygen atoms in total. The fraction of sp³-hybridized carbons (Fsp3) is 0.500. The molecule has 0 aromatic carbocycles. The number of rotatable bonds is 4. The Morgan fingerprint density at radius 1 is 1.64 bits per heavy atom. The molecule has 76 valence electrons. The number of hydrogen-bond donors (Lipinski definition) is 1. The lowest BCUT2D eigenvalue weighted by atomic mass is 10.2. The fourth-order valence-electron chi connectivity index (χ4n) is 1.35. The molecule has 0 spiro atoms. The molecule has 1 aromatic heterocycles. The summed E-state index contributed by atoms with van der Waals surface area (Å²) in [6, 6.07) is 4.41. The van der Waals surface area contributed by atoms with Crippen LogP contribution in [-0.2, 0) is 11.3 Å². The van der Waals surface area contributed by atoms with Gasteiger partial charge in [-0.25, -0.2) is 4.98 Å². The Hall–Kier alpha value is -1.13. The van der Waals surface area contributed by atoms with Gasteiger partial charge in [0, 0.05) is 18.3 Å². The summed E-state index contributed by atoms with van der Waals surface area (Å²) in [4.78, 5) is 4.13. The third kappa shape index (κ3) is 2.02. The van der Waals surface area contributed by atoms with Crippen LogP contribution in [0.3, 0.4) is 0 Å². The summed E-state index contributed by atoms with van der Waals surface area (Å²) in [6.45, 7) is 2.40. The molecule has 0 aliphatic carbocycles. The molecule has 4 heteroatoms. The highest BCUT2D eigenvalue weighted by Crippen LogP contribution is 2.13. The van der Waals surface area contributed by atoms with Crippen LogP contribution in [-0.4, -0.2) is 31.3 Å². The van der Waals surface area contributed by atoms with Gasteiger partial charge in [0.15, 0.2) is 0 Å². The second-order valence-electron chi connectivity index (χ2n) is 3.29. The van der Waals surface area contributed by atoms with Crippen LogP contribution >= 0.6 is 0 Å². The van der Waals surface area contributed by atoms with Gasteiger partial charge >= 0.3 is 0 Å². The van der Waals surface area contributed by atoms with E-state index in [9.17, 15) is 0 Å². The van der Waals surface area contributed by atoms with E-state index >= 15 is 0 Å². The van der Waals surface area contributed by atoms with E-state index < -0.39 is 0 Å². The maximum Gasteiger partial charge on any atom is 0.217 e. The van der Waals surface area contributed by atoms with Gasteiger partial charge in [0.1, 0.15) is 0 Å². The second kappa shape index (κ2) is 4.39. The maximum absolute atomic E-state index is 5.15. The van der Waals surface area contributed by atoms with Gasteiger partial charge in [0.05, 0.1) is 26.4 Å². The molecule has 0 amide bonds. The third-order valence-corrected chi connectivity index (χ3v) is 2.26. The molecule has 14 heavy (non-hydrogen) atoms. The summed E-state index contributed by atoms with van der Waals surface area (Å²) < 4.78 is 10.2. The minimum absolute atomic E-state index is 0.486. The average molecular weight is 194 g/mol. The van der Waals surface area contributed by atoms with E-state index in [1.807, 2.05) is 12.1 Å². The zero-order chi connectivity index (χ0) is 9.80. The molecule has 0 atom stereocenters. The molecule has 1 aliphatic heterocycles. The Balaban J connectivity index is 1.93. The average Bonchev–Trinajstić information content (AvgIpc) is 2.16. The Bertz CT molecular complexity index is 300. The Kier molecular flexibility index (Phi) is 2.96. The van der Waals surface area contributed by atoms with Crippen molar-refractivity contribution in [2.45, 2.75) is 12.6 Å². The van der Waals surface area contributed by atoms with Gasteiger partial charge in [0.2, 0.25) is 5.88 Å². The highest BCUT2D eigenvalue weighted by molar-refractivity contribution is 5.25. The molecule has 1 saturated heterocycles. The van der Waals surface area contributed by atoms with E-state index in [2.05, 4.69) is 10.3 Å². The second-order valence-corrected chi connectivity index (χ2v) is 3.29. The first kappa shape index (κ1) is 9.43. The lowest BCUT2D eigenvalue weighted by Gasteiger charge is -2.27. The Morgan fingerprint density at radius 3 is 3.14 bits per heavy atom. The third-order valence-electron chi connectivity index (χ3n) is 2.26. The predicted octanol–water partition coefficient (Wildman–Crippen LogP) is 0.579. The van der Waals surface area contributed by atoms with Crippen LogP contribution in [0.1, 0.15) is 5.56 Å². The number of hydrogen-bond acceptors (Lipinski definition) is 4. The summed E-state index contributed by atoms with van der Waals surface area (Å²) in [6.07, 6.45) is 1.73. The standard InChI is InChI=1S/C10H14N2O2/c1-13-10-8(3-2-4-11-10)5-12-9-6-14-7-9/h2-4,9,12H,5-7H2,1H3. The van der Waals surface area contributed by atoms with Crippen LogP contribution < -0.4 is 10.1 Å². The Labute approximate surface area is 83.2 Å². The molecule has 2 rings (SSSR count). The molecule has 1 aliphatic rings. The van der Waals surface area contributed by atoms with Gasteiger partial charge in [0.25, 0.3) is 0 Å². The minimum atomic E-state index is 0.486. The normalized spacial score (nSPS) is 16.4. The van der Waals surface area contributed by atoms with Gasteiger partial charge in [-0.2, -0.15) is 0 Å². The van der Waals surface area contributed by atoms with E-state index in [-0.39, 0.29) is 0 Å². The van der Waals surface area contributed by atoms with E-state index in [1.54, 1.807) is 13.3 Å². The number of methoxy groups -OCH3 is 1. The van der Waals surface area contributed by atoms with Crippen molar-refractivity contribution in [1.82, 2.24) is 10.3 Å². The van der Waals surface area contributed by atoms with Crippen molar-refractivity contribution in [3.8, 4) is 5.88 Å². The SMILES string of the molecule is COc1ncccc1CNC1COC1. The molecule has 0 bridgehead atoms. The van der Waals surface area contributed by atoms with Gasteiger partial charge in [-0.3, -0.25) is 0 Å². The van der Waals surface area contributed by atoms with Gasteiger partial charge in [-0.15, -0.1) is 0 Å². The summed E-state index contributed by atoms with van der Waals surface area (Å²) in [7, 11) is 1.64. The van der Waals surface area contributed by atoms with Crippen molar-refractivity contribution in [3.05, 3.63) is 23.9 Å². The number of nitrogens with zero attached hydrogens (tertiary/aromatic N) is 1. The molecule has 0 radical (unpaired) electrons. The number of ether oxygens (including phenoxy) is 2. The van der Waals surface area contributed by atoms with Gasteiger partial charge < -0.3 is 14.8 Å². The zero-order valence-corrected chi connectivity index (χ0v) is 8.19. The van der Waals surface area contributed by atoms with Crippen molar-refractivity contribution in [1.29, 1.82) is 0 Å². The van der Waals surface area contributed by atoms with Crippen LogP contribution in [0.25, 0.3) is 0 Å². The summed E-state index contributed by atoms with van der Waals surface area (Å²) >= 11 is 0. The minimum Gasteiger partial charge on any atom is -0.481 e. The number of nitrogens with one attached hydrogen (secondary N) is 1. The first-order valence-electron chi connectivity index (χ1n) is 4.69.